The molecule has 0 atom stereocenters. The topological polar surface area (TPSA) is 36.3 Å². The summed E-state index contributed by atoms with van der Waals surface area (Å²) in [7, 11) is 3.18. The Labute approximate surface area is 128 Å². The van der Waals surface area contributed by atoms with E-state index in [1.54, 1.807) is 33.2 Å². The summed E-state index contributed by atoms with van der Waals surface area (Å²) < 4.78 is 29.5. The van der Waals surface area contributed by atoms with Crippen molar-refractivity contribution < 1.29 is 13.5 Å². The molecule has 0 aromatic heterocycles. The first-order valence-corrected chi connectivity index (χ1v) is 6.72. The molecule has 1 rings (SSSR count). The molecule has 1 N–H and O–H groups in total. The smallest absolute Gasteiger partial charge is 0.388 e. The number of hydrogen-bond acceptors (Lipinski definition) is 3. The highest BCUT2D eigenvalue weighted by Gasteiger charge is 2.18. The number of nitrogens with zero attached hydrogens (tertiary/aromatic N) is 1. The van der Waals surface area contributed by atoms with Crippen LogP contribution in [0.5, 0.6) is 0 Å². The van der Waals surface area contributed by atoms with Crippen LogP contribution in [0.4, 0.5) is 8.78 Å². The molecule has 0 amide bonds. The number of rotatable bonds is 5. The van der Waals surface area contributed by atoms with Crippen LogP contribution in [0.25, 0.3) is 0 Å². The van der Waals surface area contributed by atoms with Gasteiger partial charge in [-0.2, -0.15) is 8.78 Å². The number of hydrogen-bond donors (Lipinski definition) is 1. The zero-order valence-corrected chi connectivity index (χ0v) is 13.5. The summed E-state index contributed by atoms with van der Waals surface area (Å²) in [5, 5.41) is 8.87. The lowest BCUT2D eigenvalue weighted by molar-refractivity contribution is -0.114. The van der Waals surface area contributed by atoms with Gasteiger partial charge in [0.05, 0.1) is 5.71 Å². The molecule has 0 aliphatic rings. The van der Waals surface area contributed by atoms with Crippen LogP contribution in [0.3, 0.4) is 0 Å². The van der Waals surface area contributed by atoms with E-state index in [-0.39, 0.29) is 11.6 Å². The van der Waals surface area contributed by atoms with E-state index in [2.05, 4.69) is 4.74 Å². The Bertz CT molecular complexity index is 583. The summed E-state index contributed by atoms with van der Waals surface area (Å²) in [6.07, 6.45) is 0. The molecule has 0 bridgehead atoms. The Morgan fingerprint density at radius 2 is 1.81 bits per heavy atom. The highest BCUT2D eigenvalue weighted by atomic mass is 35.5. The number of benzene rings is 1. The van der Waals surface area contributed by atoms with Crippen molar-refractivity contribution in [1.82, 2.24) is 4.90 Å². The third kappa shape index (κ3) is 4.17. The summed E-state index contributed by atoms with van der Waals surface area (Å²) in [6.45, 7) is 2.31. The number of allylic oxidation sites excluding steroid dienone is 1. The van der Waals surface area contributed by atoms with E-state index < -0.39 is 6.61 Å². The van der Waals surface area contributed by atoms with Gasteiger partial charge < -0.3 is 9.64 Å². The van der Waals surface area contributed by atoms with Gasteiger partial charge in [-0.15, -0.1) is 0 Å². The van der Waals surface area contributed by atoms with Crippen molar-refractivity contribution in [3.8, 4) is 0 Å². The molecule has 6 heteroatoms. The molecule has 0 aliphatic carbocycles. The van der Waals surface area contributed by atoms with E-state index in [9.17, 15) is 8.78 Å². The third-order valence-corrected chi connectivity index (χ3v) is 3.48. The summed E-state index contributed by atoms with van der Waals surface area (Å²) in [5.74, 6) is -0.0259. The fourth-order valence-corrected chi connectivity index (χ4v) is 2.19. The lowest BCUT2D eigenvalue weighted by Gasteiger charge is -2.21. The average molecular weight is 317 g/mol. The predicted octanol–water partition coefficient (Wildman–Crippen LogP) is 4.36. The Balaban J connectivity index is 3.31. The fourth-order valence-electron chi connectivity index (χ4n) is 1.97. The molecule has 1 aromatic rings. The number of aryl methyl sites for hydroxylation is 2. The van der Waals surface area contributed by atoms with Crippen molar-refractivity contribution in [2.24, 2.45) is 0 Å². The van der Waals surface area contributed by atoms with Gasteiger partial charge in [0.25, 0.3) is 0 Å². The minimum Gasteiger partial charge on any atom is -0.419 e. The SMILES string of the molecule is C/C(C(=N)c1cc(C)c(Cl)cc1C)=C(\OC(F)F)N(C)C. The molecule has 0 aliphatic heterocycles. The number of ether oxygens (including phenoxy) is 1. The first-order valence-electron chi connectivity index (χ1n) is 6.34. The van der Waals surface area contributed by atoms with Gasteiger partial charge in [-0.3, -0.25) is 5.41 Å². The van der Waals surface area contributed by atoms with E-state index in [1.165, 1.54) is 4.90 Å². The minimum absolute atomic E-state index is 0.0259. The molecule has 0 spiro atoms. The normalized spacial score (nSPS) is 12.2. The van der Waals surface area contributed by atoms with Crippen LogP contribution >= 0.6 is 11.6 Å². The molecule has 0 unspecified atom stereocenters. The number of nitrogens with one attached hydrogen (secondary N) is 1. The van der Waals surface area contributed by atoms with E-state index in [4.69, 9.17) is 17.0 Å². The molecule has 3 nitrogen and oxygen atoms in total. The van der Waals surface area contributed by atoms with Crippen molar-refractivity contribution >= 4 is 17.3 Å². The largest absolute Gasteiger partial charge is 0.419 e. The standard InChI is InChI=1S/C15H19ClF2N2O/c1-8-7-12(16)9(2)6-11(8)13(19)10(3)14(20(4)5)21-15(17)18/h6-7,15,19H,1-5H3/b14-10+,19-13?. The van der Waals surface area contributed by atoms with Gasteiger partial charge >= 0.3 is 6.61 Å². The molecule has 116 valence electrons. The van der Waals surface area contributed by atoms with Crippen LogP contribution < -0.4 is 0 Å². The average Bonchev–Trinajstić information content (AvgIpc) is 2.38. The quantitative estimate of drug-likeness (QED) is 0.647. The molecule has 0 heterocycles. The van der Waals surface area contributed by atoms with Crippen LogP contribution in [0.15, 0.2) is 23.6 Å². The zero-order valence-electron chi connectivity index (χ0n) is 12.7. The molecular formula is C15H19ClF2N2O. The van der Waals surface area contributed by atoms with Crippen molar-refractivity contribution in [2.75, 3.05) is 14.1 Å². The number of halogens is 3. The van der Waals surface area contributed by atoms with E-state index in [1.807, 2.05) is 13.8 Å². The minimum atomic E-state index is -2.93. The van der Waals surface area contributed by atoms with Gasteiger partial charge in [0, 0.05) is 30.3 Å². The van der Waals surface area contributed by atoms with Gasteiger partial charge in [-0.05, 0) is 44.0 Å². The van der Waals surface area contributed by atoms with Gasteiger partial charge in [-0.1, -0.05) is 11.6 Å². The van der Waals surface area contributed by atoms with Gasteiger partial charge in [0.2, 0.25) is 0 Å². The Hall–Kier alpha value is -1.62. The van der Waals surface area contributed by atoms with Crippen molar-refractivity contribution in [2.45, 2.75) is 27.4 Å². The first-order chi connectivity index (χ1) is 9.65. The van der Waals surface area contributed by atoms with E-state index in [0.29, 0.717) is 16.2 Å². The van der Waals surface area contributed by atoms with Crippen LogP contribution in [0.1, 0.15) is 23.6 Å². The third-order valence-electron chi connectivity index (χ3n) is 3.08. The molecular weight excluding hydrogens is 298 g/mol. The van der Waals surface area contributed by atoms with Crippen LogP contribution in [-0.2, 0) is 4.74 Å². The van der Waals surface area contributed by atoms with Gasteiger partial charge in [0.1, 0.15) is 0 Å². The van der Waals surface area contributed by atoms with Gasteiger partial charge in [-0.25, -0.2) is 0 Å². The summed E-state index contributed by atoms with van der Waals surface area (Å²) in [6, 6.07) is 3.54. The fraction of sp³-hybridized carbons (Fsp3) is 0.400. The lowest BCUT2D eigenvalue weighted by Crippen LogP contribution is -2.21. The van der Waals surface area contributed by atoms with Crippen molar-refractivity contribution in [3.63, 3.8) is 0 Å². The van der Waals surface area contributed by atoms with Crippen molar-refractivity contribution in [3.05, 3.63) is 45.3 Å². The second-order valence-corrected chi connectivity index (χ2v) is 5.40. The zero-order chi connectivity index (χ0) is 16.3. The van der Waals surface area contributed by atoms with Crippen molar-refractivity contribution in [1.29, 1.82) is 5.41 Å². The summed E-state index contributed by atoms with van der Waals surface area (Å²) >= 11 is 6.04. The van der Waals surface area contributed by atoms with Gasteiger partial charge in [0.15, 0.2) is 5.88 Å². The second-order valence-electron chi connectivity index (χ2n) is 4.99. The van der Waals surface area contributed by atoms with Crippen LogP contribution in [0.2, 0.25) is 5.02 Å². The Morgan fingerprint density at radius 1 is 1.24 bits per heavy atom. The summed E-state index contributed by atoms with van der Waals surface area (Å²) in [4.78, 5) is 1.42. The van der Waals surface area contributed by atoms with Crippen LogP contribution in [-0.4, -0.2) is 31.3 Å². The second kappa shape index (κ2) is 6.89. The van der Waals surface area contributed by atoms with E-state index >= 15 is 0 Å². The Kier molecular flexibility index (Phi) is 5.72. The van der Waals surface area contributed by atoms with E-state index in [0.717, 1.165) is 11.1 Å². The molecule has 0 saturated carbocycles. The maximum Gasteiger partial charge on any atom is 0.388 e. The monoisotopic (exact) mass is 316 g/mol. The molecule has 0 radical (unpaired) electrons. The van der Waals surface area contributed by atoms with Crippen LogP contribution in [0, 0.1) is 19.3 Å². The maximum atomic E-state index is 12.5. The number of alkyl halides is 2. The predicted molar refractivity (Wildman–Crippen MR) is 81.2 cm³/mol. The highest BCUT2D eigenvalue weighted by Crippen LogP contribution is 2.24. The summed E-state index contributed by atoms with van der Waals surface area (Å²) in [5.41, 5.74) is 2.76. The molecule has 21 heavy (non-hydrogen) atoms. The maximum absolute atomic E-state index is 12.5. The lowest BCUT2D eigenvalue weighted by atomic mass is 9.97. The first kappa shape index (κ1) is 17.4. The molecule has 1 aromatic carbocycles. The molecule has 0 saturated heterocycles. The highest BCUT2D eigenvalue weighted by molar-refractivity contribution is 6.31. The Morgan fingerprint density at radius 3 is 2.29 bits per heavy atom. The molecule has 0 fully saturated rings.